The Morgan fingerprint density at radius 2 is 1.86 bits per heavy atom. The summed E-state index contributed by atoms with van der Waals surface area (Å²) in [6, 6.07) is 0. The van der Waals surface area contributed by atoms with Gasteiger partial charge in [0.05, 0.1) is 5.56 Å². The zero-order valence-corrected chi connectivity index (χ0v) is 13.4. The van der Waals surface area contributed by atoms with Crippen LogP contribution in [0.25, 0.3) is 0 Å². The van der Waals surface area contributed by atoms with Crippen molar-refractivity contribution in [2.45, 2.75) is 44.7 Å². The zero-order chi connectivity index (χ0) is 15.9. The normalized spacial score (nSPS) is 11.0. The Labute approximate surface area is 126 Å². The fourth-order valence-corrected chi connectivity index (χ4v) is 2.03. The molecule has 0 unspecified atom stereocenters. The third kappa shape index (κ3) is 6.50. The standard InChI is InChI=1S/C15H20N2O3S/c1-12(2)14(18)9-7-5-4-6-8-13-10-16-15(17-11-13)21(3,19)20/h10-12H,4-5,7,9H2,1-3H3. The quantitative estimate of drug-likeness (QED) is 0.456. The predicted molar refractivity (Wildman–Crippen MR) is 80.3 cm³/mol. The number of Topliss-reactive ketones (excluding diaryl/α,β-unsaturated/α-hetero) is 1. The first-order chi connectivity index (χ1) is 9.80. The van der Waals surface area contributed by atoms with Gasteiger partial charge in [0, 0.05) is 37.4 Å². The molecule has 0 N–H and O–H groups in total. The van der Waals surface area contributed by atoms with Gasteiger partial charge in [0.2, 0.25) is 15.0 Å². The first-order valence-electron chi connectivity index (χ1n) is 6.84. The van der Waals surface area contributed by atoms with Crippen molar-refractivity contribution in [3.8, 4) is 11.8 Å². The first-order valence-corrected chi connectivity index (χ1v) is 8.73. The van der Waals surface area contributed by atoms with Crippen molar-refractivity contribution in [2.24, 2.45) is 5.92 Å². The number of carbonyl (C=O) groups excluding carboxylic acids is 1. The number of nitrogens with zero attached hydrogens (tertiary/aromatic N) is 2. The topological polar surface area (TPSA) is 77.0 Å². The van der Waals surface area contributed by atoms with E-state index >= 15 is 0 Å². The minimum Gasteiger partial charge on any atom is -0.299 e. The number of hydrogen-bond acceptors (Lipinski definition) is 5. The smallest absolute Gasteiger partial charge is 0.246 e. The average Bonchev–Trinajstić information content (AvgIpc) is 2.41. The number of carbonyl (C=O) groups is 1. The summed E-state index contributed by atoms with van der Waals surface area (Å²) < 4.78 is 22.4. The lowest BCUT2D eigenvalue weighted by Gasteiger charge is -2.01. The van der Waals surface area contributed by atoms with E-state index in [0.717, 1.165) is 19.1 Å². The molecule has 21 heavy (non-hydrogen) atoms. The van der Waals surface area contributed by atoms with Gasteiger partial charge in [-0.2, -0.15) is 0 Å². The molecule has 0 aliphatic heterocycles. The fourth-order valence-electron chi connectivity index (χ4n) is 1.54. The van der Waals surface area contributed by atoms with Gasteiger partial charge in [-0.15, -0.1) is 0 Å². The lowest BCUT2D eigenvalue weighted by molar-refractivity contribution is -0.122. The van der Waals surface area contributed by atoms with Crippen LogP contribution in [0.2, 0.25) is 0 Å². The molecule has 0 spiro atoms. The second kappa shape index (κ2) is 7.89. The van der Waals surface area contributed by atoms with Crippen LogP contribution in [0.1, 0.15) is 45.1 Å². The highest BCUT2D eigenvalue weighted by Crippen LogP contribution is 2.06. The molecular formula is C15H20N2O3S. The average molecular weight is 308 g/mol. The number of sulfone groups is 1. The Balaban J connectivity index is 2.40. The van der Waals surface area contributed by atoms with E-state index in [1.165, 1.54) is 12.4 Å². The van der Waals surface area contributed by atoms with Crippen molar-refractivity contribution < 1.29 is 13.2 Å². The maximum absolute atomic E-state index is 11.4. The molecule has 0 amide bonds. The molecule has 5 nitrogen and oxygen atoms in total. The van der Waals surface area contributed by atoms with Crippen LogP contribution in [0.5, 0.6) is 0 Å². The van der Waals surface area contributed by atoms with Crippen LogP contribution in [0.3, 0.4) is 0 Å². The molecule has 0 bridgehead atoms. The van der Waals surface area contributed by atoms with Crippen molar-refractivity contribution in [3.63, 3.8) is 0 Å². The molecule has 0 aromatic carbocycles. The van der Waals surface area contributed by atoms with E-state index in [-0.39, 0.29) is 16.9 Å². The third-order valence-corrected chi connectivity index (χ3v) is 3.69. The number of aromatic nitrogens is 2. The van der Waals surface area contributed by atoms with Crippen LogP contribution in [0.15, 0.2) is 17.6 Å². The SMILES string of the molecule is CC(C)C(=O)CCCCC#Cc1cnc(S(C)(=O)=O)nc1. The Bertz CT molecular complexity index is 638. The lowest BCUT2D eigenvalue weighted by atomic mass is 10.0. The minimum absolute atomic E-state index is 0.0987. The number of hydrogen-bond donors (Lipinski definition) is 0. The lowest BCUT2D eigenvalue weighted by Crippen LogP contribution is -2.05. The predicted octanol–water partition coefficient (Wildman–Crippen LogP) is 2.02. The first kappa shape index (κ1) is 17.3. The molecule has 1 heterocycles. The Morgan fingerprint density at radius 1 is 1.24 bits per heavy atom. The van der Waals surface area contributed by atoms with Crippen LogP contribution < -0.4 is 0 Å². The van der Waals surface area contributed by atoms with Crippen LogP contribution in [0, 0.1) is 17.8 Å². The highest BCUT2D eigenvalue weighted by atomic mass is 32.2. The summed E-state index contributed by atoms with van der Waals surface area (Å²) in [5.74, 6) is 6.24. The fraction of sp³-hybridized carbons (Fsp3) is 0.533. The van der Waals surface area contributed by atoms with E-state index in [2.05, 4.69) is 21.8 Å². The molecular weight excluding hydrogens is 288 g/mol. The van der Waals surface area contributed by atoms with Gasteiger partial charge in [0.25, 0.3) is 0 Å². The van der Waals surface area contributed by atoms with E-state index in [1.807, 2.05) is 13.8 Å². The summed E-state index contributed by atoms with van der Waals surface area (Å²) in [5, 5.41) is -0.194. The van der Waals surface area contributed by atoms with Gasteiger partial charge in [-0.25, -0.2) is 18.4 Å². The van der Waals surface area contributed by atoms with Gasteiger partial charge in [-0.3, -0.25) is 4.79 Å². The summed E-state index contributed by atoms with van der Waals surface area (Å²) in [6.07, 6.45) is 6.87. The summed E-state index contributed by atoms with van der Waals surface area (Å²) in [7, 11) is -3.37. The highest BCUT2D eigenvalue weighted by Gasteiger charge is 2.09. The largest absolute Gasteiger partial charge is 0.299 e. The Morgan fingerprint density at radius 3 is 2.38 bits per heavy atom. The van der Waals surface area contributed by atoms with Crippen LogP contribution in [-0.2, 0) is 14.6 Å². The van der Waals surface area contributed by atoms with E-state index < -0.39 is 9.84 Å². The summed E-state index contributed by atoms with van der Waals surface area (Å²) in [6.45, 7) is 3.81. The number of ketones is 1. The molecule has 1 aromatic rings. The minimum atomic E-state index is -3.37. The molecule has 0 atom stereocenters. The van der Waals surface area contributed by atoms with Crippen molar-refractivity contribution in [3.05, 3.63) is 18.0 Å². The summed E-state index contributed by atoms with van der Waals surface area (Å²) in [4.78, 5) is 18.9. The van der Waals surface area contributed by atoms with Crippen molar-refractivity contribution >= 4 is 15.6 Å². The monoisotopic (exact) mass is 308 g/mol. The van der Waals surface area contributed by atoms with Crippen molar-refractivity contribution in [1.29, 1.82) is 0 Å². The maximum Gasteiger partial charge on any atom is 0.246 e. The maximum atomic E-state index is 11.4. The molecule has 1 rings (SSSR count). The molecule has 0 saturated carbocycles. The molecule has 114 valence electrons. The number of unbranched alkanes of at least 4 members (excludes halogenated alkanes) is 2. The number of rotatable bonds is 6. The molecule has 0 radical (unpaired) electrons. The molecule has 6 heteroatoms. The van der Waals surface area contributed by atoms with Crippen molar-refractivity contribution in [1.82, 2.24) is 9.97 Å². The molecule has 1 aromatic heterocycles. The Kier molecular flexibility index (Phi) is 6.50. The van der Waals surface area contributed by atoms with Crippen LogP contribution in [-0.4, -0.2) is 30.4 Å². The molecule has 0 saturated heterocycles. The van der Waals surface area contributed by atoms with Crippen LogP contribution >= 0.6 is 0 Å². The second-order valence-corrected chi connectivity index (χ2v) is 7.07. The third-order valence-electron chi connectivity index (χ3n) is 2.81. The highest BCUT2D eigenvalue weighted by molar-refractivity contribution is 7.90. The molecule has 0 fully saturated rings. The van der Waals surface area contributed by atoms with Crippen LogP contribution in [0.4, 0.5) is 0 Å². The van der Waals surface area contributed by atoms with Gasteiger partial charge in [-0.1, -0.05) is 25.7 Å². The van der Waals surface area contributed by atoms with Gasteiger partial charge < -0.3 is 0 Å². The van der Waals surface area contributed by atoms with Gasteiger partial charge in [0.1, 0.15) is 5.78 Å². The van der Waals surface area contributed by atoms with Gasteiger partial charge in [0.15, 0.2) is 0 Å². The van der Waals surface area contributed by atoms with E-state index in [0.29, 0.717) is 18.4 Å². The summed E-state index contributed by atoms with van der Waals surface area (Å²) >= 11 is 0. The van der Waals surface area contributed by atoms with Gasteiger partial charge in [-0.05, 0) is 12.8 Å². The summed E-state index contributed by atoms with van der Waals surface area (Å²) in [5.41, 5.74) is 0.584. The zero-order valence-electron chi connectivity index (χ0n) is 12.6. The van der Waals surface area contributed by atoms with E-state index in [1.54, 1.807) is 0 Å². The molecule has 0 aliphatic rings. The van der Waals surface area contributed by atoms with E-state index in [9.17, 15) is 13.2 Å². The van der Waals surface area contributed by atoms with Gasteiger partial charge >= 0.3 is 0 Å². The molecule has 0 aliphatic carbocycles. The van der Waals surface area contributed by atoms with Crippen molar-refractivity contribution in [2.75, 3.05) is 6.26 Å². The second-order valence-electron chi connectivity index (χ2n) is 5.16. The Hall–Kier alpha value is -1.74. The van der Waals surface area contributed by atoms with E-state index in [4.69, 9.17) is 0 Å².